The van der Waals surface area contributed by atoms with Crippen LogP contribution in [0.5, 0.6) is 0 Å². The Bertz CT molecular complexity index is 543. The van der Waals surface area contributed by atoms with E-state index in [1.165, 1.54) is 5.56 Å². The molecule has 0 bridgehead atoms. The lowest BCUT2D eigenvalue weighted by atomic mass is 9.96. The highest BCUT2D eigenvalue weighted by atomic mass is 16.5. The Kier molecular flexibility index (Phi) is 6.83. The summed E-state index contributed by atoms with van der Waals surface area (Å²) in [4.78, 5) is 26.1. The van der Waals surface area contributed by atoms with Crippen molar-refractivity contribution >= 4 is 11.9 Å². The summed E-state index contributed by atoms with van der Waals surface area (Å²) in [5.74, 6) is 0.613. The summed E-state index contributed by atoms with van der Waals surface area (Å²) in [7, 11) is 0. The molecule has 0 saturated carbocycles. The number of likely N-dealkylation sites (tertiary alicyclic amines) is 1. The summed E-state index contributed by atoms with van der Waals surface area (Å²) in [5, 5.41) is 0. The summed E-state index contributed by atoms with van der Waals surface area (Å²) >= 11 is 0. The molecular weight excluding hydrogens is 302 g/mol. The summed E-state index contributed by atoms with van der Waals surface area (Å²) in [5.41, 5.74) is 2.37. The summed E-state index contributed by atoms with van der Waals surface area (Å²) in [6, 6.07) is 8.35. The van der Waals surface area contributed by atoms with E-state index in [0.717, 1.165) is 12.0 Å². The first-order chi connectivity index (χ1) is 11.5. The van der Waals surface area contributed by atoms with E-state index in [1.54, 1.807) is 0 Å². The van der Waals surface area contributed by atoms with Crippen LogP contribution < -0.4 is 0 Å². The van der Waals surface area contributed by atoms with E-state index in [9.17, 15) is 9.59 Å². The highest BCUT2D eigenvalue weighted by Gasteiger charge is 2.28. The molecule has 1 aliphatic heterocycles. The van der Waals surface area contributed by atoms with Crippen molar-refractivity contribution in [2.75, 3.05) is 19.7 Å². The Morgan fingerprint density at radius 2 is 1.71 bits per heavy atom. The molecule has 0 aromatic heterocycles. The Balaban J connectivity index is 1.82. The third-order valence-corrected chi connectivity index (χ3v) is 4.49. The van der Waals surface area contributed by atoms with Gasteiger partial charge in [-0.05, 0) is 43.2 Å². The van der Waals surface area contributed by atoms with Crippen LogP contribution >= 0.6 is 0 Å². The van der Waals surface area contributed by atoms with Crippen molar-refractivity contribution in [3.63, 3.8) is 0 Å². The maximum atomic E-state index is 12.4. The average Bonchev–Trinajstić information content (AvgIpc) is 2.56. The van der Waals surface area contributed by atoms with Gasteiger partial charge in [-0.3, -0.25) is 9.59 Å². The molecule has 0 radical (unpaired) electrons. The minimum atomic E-state index is -0.120. The molecule has 1 heterocycles. The Hall–Kier alpha value is -1.84. The number of amides is 1. The second-order valence-corrected chi connectivity index (χ2v) is 7.00. The van der Waals surface area contributed by atoms with Gasteiger partial charge in [0.15, 0.2) is 0 Å². The third-order valence-electron chi connectivity index (χ3n) is 4.49. The maximum absolute atomic E-state index is 12.4. The predicted octanol–water partition coefficient (Wildman–Crippen LogP) is 3.23. The van der Waals surface area contributed by atoms with Crippen LogP contribution in [-0.2, 0) is 27.2 Å². The van der Waals surface area contributed by atoms with Crippen molar-refractivity contribution in [2.45, 2.75) is 46.5 Å². The van der Waals surface area contributed by atoms with Crippen LogP contribution in [0.15, 0.2) is 24.3 Å². The van der Waals surface area contributed by atoms with Crippen molar-refractivity contribution in [2.24, 2.45) is 11.8 Å². The standard InChI is InChI=1S/C20H29NO3/c1-4-24-20(23)18-9-11-21(12-10-18)19(22)14-17-7-5-16(6-8-17)13-15(2)3/h5-8,15,18H,4,9-14H2,1-3H3. The SMILES string of the molecule is CCOC(=O)C1CCN(C(=O)Cc2ccc(CC(C)C)cc2)CC1. The predicted molar refractivity (Wildman–Crippen MR) is 94.6 cm³/mol. The topological polar surface area (TPSA) is 46.6 Å². The Morgan fingerprint density at radius 1 is 1.12 bits per heavy atom. The third kappa shape index (κ3) is 5.36. The minimum absolute atomic E-state index is 0.0516. The normalized spacial score (nSPS) is 15.6. The van der Waals surface area contributed by atoms with E-state index in [1.807, 2.05) is 11.8 Å². The van der Waals surface area contributed by atoms with E-state index >= 15 is 0 Å². The van der Waals surface area contributed by atoms with Crippen molar-refractivity contribution in [3.8, 4) is 0 Å². The molecule has 0 unspecified atom stereocenters. The molecule has 1 aliphatic rings. The zero-order chi connectivity index (χ0) is 17.5. The molecule has 4 nitrogen and oxygen atoms in total. The zero-order valence-electron chi connectivity index (χ0n) is 15.1. The fourth-order valence-electron chi connectivity index (χ4n) is 3.18. The molecule has 1 aromatic rings. The van der Waals surface area contributed by atoms with Crippen molar-refractivity contribution < 1.29 is 14.3 Å². The lowest BCUT2D eigenvalue weighted by molar-refractivity contribution is -0.151. The lowest BCUT2D eigenvalue weighted by Crippen LogP contribution is -2.41. The number of benzene rings is 1. The van der Waals surface area contributed by atoms with Gasteiger partial charge in [0.05, 0.1) is 18.9 Å². The second-order valence-electron chi connectivity index (χ2n) is 7.00. The molecular formula is C20H29NO3. The number of esters is 1. The number of carbonyl (C=O) groups is 2. The first-order valence-electron chi connectivity index (χ1n) is 9.01. The van der Waals surface area contributed by atoms with Crippen LogP contribution in [0.3, 0.4) is 0 Å². The molecule has 1 aromatic carbocycles. The summed E-state index contributed by atoms with van der Waals surface area (Å²) in [6.07, 6.45) is 2.91. The zero-order valence-corrected chi connectivity index (χ0v) is 15.1. The van der Waals surface area contributed by atoms with Crippen molar-refractivity contribution in [3.05, 3.63) is 35.4 Å². The number of carbonyl (C=O) groups excluding carboxylic acids is 2. The van der Waals surface area contributed by atoms with Crippen molar-refractivity contribution in [1.82, 2.24) is 4.90 Å². The molecule has 0 aliphatic carbocycles. The quantitative estimate of drug-likeness (QED) is 0.752. The van der Waals surface area contributed by atoms with Crippen LogP contribution in [-0.4, -0.2) is 36.5 Å². The van der Waals surface area contributed by atoms with Crippen LogP contribution in [0, 0.1) is 11.8 Å². The number of hydrogen-bond acceptors (Lipinski definition) is 3. The number of hydrogen-bond donors (Lipinski definition) is 0. The molecule has 24 heavy (non-hydrogen) atoms. The van der Waals surface area contributed by atoms with Gasteiger partial charge < -0.3 is 9.64 Å². The minimum Gasteiger partial charge on any atom is -0.466 e. The second kappa shape index (κ2) is 8.86. The van der Waals surface area contributed by atoms with Crippen molar-refractivity contribution in [1.29, 1.82) is 0 Å². The fourth-order valence-corrected chi connectivity index (χ4v) is 3.18. The van der Waals surface area contributed by atoms with Crippen LogP contribution in [0.2, 0.25) is 0 Å². The van der Waals surface area contributed by atoms with Crippen LogP contribution in [0.1, 0.15) is 44.7 Å². The number of nitrogens with zero attached hydrogens (tertiary/aromatic N) is 1. The largest absolute Gasteiger partial charge is 0.466 e. The van der Waals surface area contributed by atoms with Gasteiger partial charge in [0.1, 0.15) is 0 Å². The molecule has 2 rings (SSSR count). The van der Waals surface area contributed by atoms with Gasteiger partial charge in [0.25, 0.3) is 0 Å². The molecule has 0 N–H and O–H groups in total. The van der Waals surface area contributed by atoms with E-state index < -0.39 is 0 Å². The Labute approximate surface area is 145 Å². The van der Waals surface area contributed by atoms with Gasteiger partial charge in [-0.15, -0.1) is 0 Å². The van der Waals surface area contributed by atoms with Gasteiger partial charge >= 0.3 is 5.97 Å². The summed E-state index contributed by atoms with van der Waals surface area (Å²) in [6.45, 7) is 7.95. The van der Waals surface area contributed by atoms with E-state index in [4.69, 9.17) is 4.74 Å². The molecule has 0 atom stereocenters. The van der Waals surface area contributed by atoms with E-state index in [-0.39, 0.29) is 17.8 Å². The smallest absolute Gasteiger partial charge is 0.309 e. The van der Waals surface area contributed by atoms with Crippen LogP contribution in [0.25, 0.3) is 0 Å². The summed E-state index contributed by atoms with van der Waals surface area (Å²) < 4.78 is 5.07. The highest BCUT2D eigenvalue weighted by molar-refractivity contribution is 5.79. The first-order valence-corrected chi connectivity index (χ1v) is 9.01. The van der Waals surface area contributed by atoms with E-state index in [0.29, 0.717) is 44.9 Å². The van der Waals surface area contributed by atoms with Crippen LogP contribution in [0.4, 0.5) is 0 Å². The Morgan fingerprint density at radius 3 is 2.25 bits per heavy atom. The number of rotatable bonds is 6. The van der Waals surface area contributed by atoms with Gasteiger partial charge in [-0.1, -0.05) is 38.1 Å². The maximum Gasteiger partial charge on any atom is 0.309 e. The molecule has 132 valence electrons. The average molecular weight is 331 g/mol. The number of ether oxygens (including phenoxy) is 1. The first kappa shape index (κ1) is 18.5. The monoisotopic (exact) mass is 331 g/mol. The number of piperidine rings is 1. The molecule has 0 spiro atoms. The molecule has 4 heteroatoms. The van der Waals surface area contributed by atoms with Gasteiger partial charge in [0.2, 0.25) is 5.91 Å². The highest BCUT2D eigenvalue weighted by Crippen LogP contribution is 2.20. The van der Waals surface area contributed by atoms with Gasteiger partial charge in [-0.25, -0.2) is 0 Å². The fraction of sp³-hybridized carbons (Fsp3) is 0.600. The van der Waals surface area contributed by atoms with Gasteiger partial charge in [-0.2, -0.15) is 0 Å². The lowest BCUT2D eigenvalue weighted by Gasteiger charge is -2.31. The van der Waals surface area contributed by atoms with Gasteiger partial charge in [0, 0.05) is 13.1 Å². The van der Waals surface area contributed by atoms with E-state index in [2.05, 4.69) is 38.1 Å². The molecule has 1 saturated heterocycles. The molecule has 1 fully saturated rings. The molecule has 1 amide bonds.